The Morgan fingerprint density at radius 3 is 2.48 bits per heavy atom. The van der Waals surface area contributed by atoms with Gasteiger partial charge in [-0.15, -0.1) is 0 Å². The Bertz CT molecular complexity index is 847. The third kappa shape index (κ3) is 2.47. The van der Waals surface area contributed by atoms with E-state index >= 15 is 0 Å². The molecule has 0 aliphatic heterocycles. The molecule has 2 aromatic carbocycles. The summed E-state index contributed by atoms with van der Waals surface area (Å²) >= 11 is 3.41. The van der Waals surface area contributed by atoms with Crippen molar-refractivity contribution in [1.82, 2.24) is 9.78 Å². The van der Waals surface area contributed by atoms with Gasteiger partial charge in [-0.05, 0) is 47.0 Å². The molecule has 0 fully saturated rings. The molecule has 3 nitrogen and oxygen atoms in total. The molecule has 0 saturated heterocycles. The molecule has 0 amide bonds. The molecule has 106 valence electrons. The highest BCUT2D eigenvalue weighted by molar-refractivity contribution is 9.10. The molecule has 0 saturated carbocycles. The number of aromatic amines is 1. The number of aryl methyl sites for hydroxylation is 2. The van der Waals surface area contributed by atoms with E-state index < -0.39 is 0 Å². The first-order valence-corrected chi connectivity index (χ1v) is 7.51. The van der Waals surface area contributed by atoms with E-state index in [-0.39, 0.29) is 5.56 Å². The molecule has 0 aliphatic carbocycles. The zero-order valence-corrected chi connectivity index (χ0v) is 13.4. The van der Waals surface area contributed by atoms with Gasteiger partial charge in [-0.25, -0.2) is 4.68 Å². The second-order valence-electron chi connectivity index (χ2n) is 5.10. The smallest absolute Gasteiger partial charge is 0.286 e. The SMILES string of the molecule is Cc1ccc(C)c(-n2[nH]c(-c3ccccc3)c(Br)c2=O)c1. The molecule has 1 aromatic heterocycles. The monoisotopic (exact) mass is 342 g/mol. The van der Waals surface area contributed by atoms with E-state index in [1.165, 1.54) is 0 Å². The fraction of sp³-hybridized carbons (Fsp3) is 0.118. The van der Waals surface area contributed by atoms with Crippen LogP contribution >= 0.6 is 15.9 Å². The number of hydrogen-bond donors (Lipinski definition) is 1. The largest absolute Gasteiger partial charge is 0.289 e. The summed E-state index contributed by atoms with van der Waals surface area (Å²) in [7, 11) is 0. The van der Waals surface area contributed by atoms with E-state index in [4.69, 9.17) is 0 Å². The lowest BCUT2D eigenvalue weighted by molar-refractivity contribution is 0.843. The van der Waals surface area contributed by atoms with Crippen molar-refractivity contribution in [1.29, 1.82) is 0 Å². The van der Waals surface area contributed by atoms with Gasteiger partial charge in [0.15, 0.2) is 0 Å². The number of H-pyrrole nitrogens is 1. The first-order chi connectivity index (χ1) is 10.1. The van der Waals surface area contributed by atoms with Gasteiger partial charge in [-0.3, -0.25) is 9.89 Å². The van der Waals surface area contributed by atoms with Crippen LogP contribution in [0.5, 0.6) is 0 Å². The Hall–Kier alpha value is -2.07. The average Bonchev–Trinajstić information content (AvgIpc) is 2.79. The zero-order valence-electron chi connectivity index (χ0n) is 11.9. The minimum Gasteiger partial charge on any atom is -0.289 e. The molecule has 0 radical (unpaired) electrons. The molecule has 0 bridgehead atoms. The summed E-state index contributed by atoms with van der Waals surface area (Å²) in [5.74, 6) is 0. The molecule has 1 N–H and O–H groups in total. The molecular weight excluding hydrogens is 328 g/mol. The molecule has 1 heterocycles. The highest BCUT2D eigenvalue weighted by Crippen LogP contribution is 2.25. The quantitative estimate of drug-likeness (QED) is 0.744. The molecule has 3 rings (SSSR count). The van der Waals surface area contributed by atoms with Crippen LogP contribution in [0.25, 0.3) is 16.9 Å². The van der Waals surface area contributed by atoms with E-state index in [0.717, 1.165) is 28.1 Å². The van der Waals surface area contributed by atoms with Crippen LogP contribution in [0.4, 0.5) is 0 Å². The highest BCUT2D eigenvalue weighted by atomic mass is 79.9. The van der Waals surface area contributed by atoms with E-state index in [1.54, 1.807) is 4.68 Å². The lowest BCUT2D eigenvalue weighted by Crippen LogP contribution is -2.15. The Labute approximate surface area is 131 Å². The lowest BCUT2D eigenvalue weighted by atomic mass is 10.1. The van der Waals surface area contributed by atoms with Gasteiger partial charge in [0.05, 0.1) is 11.4 Å². The normalized spacial score (nSPS) is 10.8. The Balaban J connectivity index is 2.22. The van der Waals surface area contributed by atoms with Crippen LogP contribution in [0.3, 0.4) is 0 Å². The van der Waals surface area contributed by atoms with Crippen molar-refractivity contribution in [2.45, 2.75) is 13.8 Å². The van der Waals surface area contributed by atoms with Gasteiger partial charge in [0.2, 0.25) is 0 Å². The van der Waals surface area contributed by atoms with Crippen LogP contribution in [0.2, 0.25) is 0 Å². The fourth-order valence-corrected chi connectivity index (χ4v) is 2.84. The standard InChI is InChI=1S/C17H15BrN2O/c1-11-8-9-12(2)14(10-11)20-17(21)15(18)16(19-20)13-6-4-3-5-7-13/h3-10,19H,1-2H3. The van der Waals surface area contributed by atoms with Crippen molar-refractivity contribution in [3.05, 3.63) is 74.5 Å². The third-order valence-corrected chi connectivity index (χ3v) is 4.24. The molecular formula is C17H15BrN2O. The maximum Gasteiger partial charge on any atom is 0.286 e. The van der Waals surface area contributed by atoms with Gasteiger partial charge >= 0.3 is 0 Å². The number of nitrogens with zero attached hydrogens (tertiary/aromatic N) is 1. The molecule has 0 aliphatic rings. The average molecular weight is 343 g/mol. The Kier molecular flexibility index (Phi) is 3.55. The van der Waals surface area contributed by atoms with Crippen molar-refractivity contribution >= 4 is 15.9 Å². The van der Waals surface area contributed by atoms with Crippen molar-refractivity contribution in [2.75, 3.05) is 0 Å². The van der Waals surface area contributed by atoms with Crippen molar-refractivity contribution < 1.29 is 0 Å². The Morgan fingerprint density at radius 2 is 1.76 bits per heavy atom. The van der Waals surface area contributed by atoms with Crippen molar-refractivity contribution in [2.24, 2.45) is 0 Å². The van der Waals surface area contributed by atoms with E-state index in [1.807, 2.05) is 62.4 Å². The maximum absolute atomic E-state index is 12.5. The van der Waals surface area contributed by atoms with Gasteiger partial charge in [0.25, 0.3) is 5.56 Å². The molecule has 4 heteroatoms. The van der Waals surface area contributed by atoms with Crippen molar-refractivity contribution in [3.8, 4) is 16.9 Å². The van der Waals surface area contributed by atoms with Gasteiger partial charge in [0.1, 0.15) is 4.47 Å². The summed E-state index contributed by atoms with van der Waals surface area (Å²) in [5, 5.41) is 3.21. The second-order valence-corrected chi connectivity index (χ2v) is 5.89. The van der Waals surface area contributed by atoms with Crippen LogP contribution in [-0.4, -0.2) is 9.78 Å². The predicted octanol–water partition coefficient (Wildman–Crippen LogP) is 4.21. The van der Waals surface area contributed by atoms with E-state index in [2.05, 4.69) is 21.0 Å². The van der Waals surface area contributed by atoms with Crippen LogP contribution in [-0.2, 0) is 0 Å². The van der Waals surface area contributed by atoms with Crippen LogP contribution in [0, 0.1) is 13.8 Å². The Morgan fingerprint density at radius 1 is 1.05 bits per heavy atom. The van der Waals surface area contributed by atoms with Crippen LogP contribution < -0.4 is 5.56 Å². The summed E-state index contributed by atoms with van der Waals surface area (Å²) in [6.07, 6.45) is 0. The molecule has 0 spiro atoms. The number of halogens is 1. The summed E-state index contributed by atoms with van der Waals surface area (Å²) in [6, 6.07) is 15.9. The molecule has 21 heavy (non-hydrogen) atoms. The first kappa shape index (κ1) is 13.9. The molecule has 3 aromatic rings. The lowest BCUT2D eigenvalue weighted by Gasteiger charge is -2.07. The van der Waals surface area contributed by atoms with Gasteiger partial charge in [-0.1, -0.05) is 42.5 Å². The van der Waals surface area contributed by atoms with Gasteiger partial charge < -0.3 is 0 Å². The molecule has 0 atom stereocenters. The summed E-state index contributed by atoms with van der Waals surface area (Å²) < 4.78 is 2.14. The third-order valence-electron chi connectivity index (χ3n) is 3.50. The minimum absolute atomic E-state index is 0.0810. The van der Waals surface area contributed by atoms with Crippen LogP contribution in [0.15, 0.2) is 57.8 Å². The number of nitrogens with one attached hydrogen (secondary N) is 1. The number of rotatable bonds is 2. The minimum atomic E-state index is -0.0810. The molecule has 0 unspecified atom stereocenters. The number of benzene rings is 2. The number of hydrogen-bond acceptors (Lipinski definition) is 1. The fourth-order valence-electron chi connectivity index (χ4n) is 2.34. The summed E-state index contributed by atoms with van der Waals surface area (Å²) in [5.41, 5.74) is 4.74. The van der Waals surface area contributed by atoms with Gasteiger partial charge in [-0.2, -0.15) is 0 Å². The van der Waals surface area contributed by atoms with Crippen molar-refractivity contribution in [3.63, 3.8) is 0 Å². The zero-order chi connectivity index (χ0) is 15.0. The predicted molar refractivity (Wildman–Crippen MR) is 89.0 cm³/mol. The highest BCUT2D eigenvalue weighted by Gasteiger charge is 2.15. The second kappa shape index (κ2) is 5.37. The topological polar surface area (TPSA) is 37.8 Å². The van der Waals surface area contributed by atoms with Gasteiger partial charge in [0, 0.05) is 5.56 Å². The maximum atomic E-state index is 12.5. The van der Waals surface area contributed by atoms with Crippen LogP contribution in [0.1, 0.15) is 11.1 Å². The summed E-state index contributed by atoms with van der Waals surface area (Å²) in [4.78, 5) is 12.5. The first-order valence-electron chi connectivity index (χ1n) is 6.71. The number of aromatic nitrogens is 2. The summed E-state index contributed by atoms with van der Waals surface area (Å²) in [6.45, 7) is 4.02. The van der Waals surface area contributed by atoms with E-state index in [0.29, 0.717) is 4.47 Å². The van der Waals surface area contributed by atoms with E-state index in [9.17, 15) is 4.79 Å².